The first-order valence-corrected chi connectivity index (χ1v) is 8.02. The van der Waals surface area contributed by atoms with E-state index in [0.29, 0.717) is 5.56 Å². The molecule has 0 fully saturated rings. The minimum atomic E-state index is -0.258. The van der Waals surface area contributed by atoms with Crippen LogP contribution in [-0.4, -0.2) is 41.8 Å². The van der Waals surface area contributed by atoms with Crippen molar-refractivity contribution in [1.82, 2.24) is 15.3 Å². The van der Waals surface area contributed by atoms with Crippen molar-refractivity contribution in [3.63, 3.8) is 0 Å². The zero-order chi connectivity index (χ0) is 17.2. The van der Waals surface area contributed by atoms with Crippen molar-refractivity contribution in [3.05, 3.63) is 59.9 Å². The molecule has 6 nitrogen and oxygen atoms in total. The Kier molecular flexibility index (Phi) is 6.91. The van der Waals surface area contributed by atoms with Crippen LogP contribution in [0, 0.1) is 0 Å². The van der Waals surface area contributed by atoms with Crippen LogP contribution in [0.5, 0.6) is 0 Å². The van der Waals surface area contributed by atoms with Crippen LogP contribution in [0.15, 0.2) is 53.9 Å². The van der Waals surface area contributed by atoms with Gasteiger partial charge in [0.25, 0.3) is 5.91 Å². The molecule has 0 unspecified atom stereocenters. The van der Waals surface area contributed by atoms with E-state index in [1.807, 2.05) is 24.3 Å². The normalized spacial score (nSPS) is 11.0. The average Bonchev–Trinajstić information content (AvgIpc) is 2.64. The van der Waals surface area contributed by atoms with E-state index >= 15 is 0 Å². The molecule has 0 atom stereocenters. The number of hydrazone groups is 1. The molecule has 1 aromatic heterocycles. The minimum Gasteiger partial charge on any atom is -0.372 e. The minimum absolute atomic E-state index is 0.258. The number of nitrogens with zero attached hydrogens (tertiary/aromatic N) is 3. The highest BCUT2D eigenvalue weighted by Crippen LogP contribution is 2.08. The molecule has 0 aliphatic rings. The number of nitrogens with one attached hydrogen (secondary N) is 2. The first kappa shape index (κ1) is 17.6. The van der Waals surface area contributed by atoms with E-state index in [4.69, 9.17) is 0 Å². The third kappa shape index (κ3) is 5.48. The van der Waals surface area contributed by atoms with Gasteiger partial charge in [0.05, 0.1) is 12.9 Å². The highest BCUT2D eigenvalue weighted by molar-refractivity contribution is 5.94. The largest absolute Gasteiger partial charge is 0.372 e. The zero-order valence-corrected chi connectivity index (χ0v) is 14.1. The number of amides is 1. The van der Waals surface area contributed by atoms with Crippen molar-refractivity contribution >= 4 is 17.8 Å². The zero-order valence-electron chi connectivity index (χ0n) is 14.1. The van der Waals surface area contributed by atoms with Crippen molar-refractivity contribution in [2.45, 2.75) is 13.8 Å². The molecule has 1 heterocycles. The maximum absolute atomic E-state index is 11.8. The second kappa shape index (κ2) is 9.42. The van der Waals surface area contributed by atoms with Gasteiger partial charge >= 0.3 is 0 Å². The van der Waals surface area contributed by atoms with E-state index in [9.17, 15) is 4.79 Å². The fourth-order valence-electron chi connectivity index (χ4n) is 2.07. The third-order valence-corrected chi connectivity index (χ3v) is 3.63. The fourth-order valence-corrected chi connectivity index (χ4v) is 2.07. The number of hydrogen-bond donors (Lipinski definition) is 2. The number of anilines is 1. The van der Waals surface area contributed by atoms with Crippen LogP contribution < -0.4 is 10.7 Å². The monoisotopic (exact) mass is 325 g/mol. The SMILES string of the molecule is CCN(CC)CNc1ccc(/C=N/NC(=O)c2ccncc2)cc1. The number of benzene rings is 1. The highest BCUT2D eigenvalue weighted by Gasteiger charge is 2.02. The summed E-state index contributed by atoms with van der Waals surface area (Å²) in [6.45, 7) is 7.15. The number of carbonyl (C=O) groups excluding carboxylic acids is 1. The fraction of sp³-hybridized carbons (Fsp3) is 0.278. The number of carbonyl (C=O) groups is 1. The summed E-state index contributed by atoms with van der Waals surface area (Å²) in [5.41, 5.74) is 4.99. The maximum Gasteiger partial charge on any atom is 0.271 e. The molecule has 0 saturated carbocycles. The lowest BCUT2D eigenvalue weighted by molar-refractivity contribution is 0.0955. The molecule has 0 aliphatic carbocycles. The molecule has 2 rings (SSSR count). The van der Waals surface area contributed by atoms with Gasteiger partial charge in [-0.1, -0.05) is 26.0 Å². The Bertz CT molecular complexity index is 651. The Morgan fingerprint density at radius 2 is 1.79 bits per heavy atom. The van der Waals surface area contributed by atoms with Gasteiger partial charge in [0.1, 0.15) is 0 Å². The van der Waals surface area contributed by atoms with Gasteiger partial charge in [-0.05, 0) is 42.9 Å². The van der Waals surface area contributed by atoms with Crippen LogP contribution in [0.25, 0.3) is 0 Å². The molecule has 2 N–H and O–H groups in total. The molecule has 2 aromatic rings. The molecular formula is C18H23N5O. The Labute approximate surface area is 142 Å². The van der Waals surface area contributed by atoms with Gasteiger partial charge in [0.2, 0.25) is 0 Å². The summed E-state index contributed by atoms with van der Waals surface area (Å²) in [6.07, 6.45) is 4.76. The molecule has 0 spiro atoms. The maximum atomic E-state index is 11.8. The molecule has 0 radical (unpaired) electrons. The molecule has 6 heteroatoms. The number of pyridine rings is 1. The molecule has 24 heavy (non-hydrogen) atoms. The van der Waals surface area contributed by atoms with E-state index in [2.05, 4.69) is 39.6 Å². The van der Waals surface area contributed by atoms with Crippen molar-refractivity contribution in [1.29, 1.82) is 0 Å². The lowest BCUT2D eigenvalue weighted by Crippen LogP contribution is -2.28. The smallest absolute Gasteiger partial charge is 0.271 e. The molecule has 0 bridgehead atoms. The first-order chi connectivity index (χ1) is 11.7. The van der Waals surface area contributed by atoms with Crippen molar-refractivity contribution in [2.24, 2.45) is 5.10 Å². The van der Waals surface area contributed by atoms with Gasteiger partial charge in [-0.2, -0.15) is 5.10 Å². The van der Waals surface area contributed by atoms with Crippen LogP contribution in [0.2, 0.25) is 0 Å². The van der Waals surface area contributed by atoms with Gasteiger partial charge in [-0.25, -0.2) is 5.43 Å². The lowest BCUT2D eigenvalue weighted by atomic mass is 10.2. The summed E-state index contributed by atoms with van der Waals surface area (Å²) in [7, 11) is 0. The molecular weight excluding hydrogens is 302 g/mol. The van der Waals surface area contributed by atoms with Crippen LogP contribution in [0.3, 0.4) is 0 Å². The summed E-state index contributed by atoms with van der Waals surface area (Å²) >= 11 is 0. The number of aromatic nitrogens is 1. The molecule has 0 aliphatic heterocycles. The van der Waals surface area contributed by atoms with E-state index in [1.165, 1.54) is 0 Å². The average molecular weight is 325 g/mol. The Morgan fingerprint density at radius 3 is 2.42 bits per heavy atom. The molecule has 126 valence electrons. The van der Waals surface area contributed by atoms with Gasteiger partial charge < -0.3 is 5.32 Å². The summed E-state index contributed by atoms with van der Waals surface area (Å²) in [6, 6.07) is 11.2. The Morgan fingerprint density at radius 1 is 1.12 bits per heavy atom. The van der Waals surface area contributed by atoms with Crippen LogP contribution >= 0.6 is 0 Å². The standard InChI is InChI=1S/C18H23N5O/c1-3-23(4-2)14-20-17-7-5-15(6-8-17)13-21-22-18(24)16-9-11-19-12-10-16/h5-13,20H,3-4,14H2,1-2H3,(H,22,24)/b21-13+. The van der Waals surface area contributed by atoms with E-state index in [0.717, 1.165) is 31.0 Å². The quantitative estimate of drug-likeness (QED) is 0.445. The molecule has 0 saturated heterocycles. The lowest BCUT2D eigenvalue weighted by Gasteiger charge is -2.19. The topological polar surface area (TPSA) is 69.6 Å². The Balaban J connectivity index is 1.84. The number of hydrogen-bond acceptors (Lipinski definition) is 5. The Hall–Kier alpha value is -2.73. The van der Waals surface area contributed by atoms with Crippen molar-refractivity contribution < 1.29 is 4.79 Å². The predicted molar refractivity (Wildman–Crippen MR) is 97.1 cm³/mol. The van der Waals surface area contributed by atoms with E-state index in [-0.39, 0.29) is 5.91 Å². The second-order valence-corrected chi connectivity index (χ2v) is 5.20. The summed E-state index contributed by atoms with van der Waals surface area (Å²) in [5, 5.41) is 7.35. The van der Waals surface area contributed by atoms with Gasteiger partial charge in [-0.3, -0.25) is 14.7 Å². The van der Waals surface area contributed by atoms with Crippen LogP contribution in [0.4, 0.5) is 5.69 Å². The molecule has 1 amide bonds. The second-order valence-electron chi connectivity index (χ2n) is 5.20. The van der Waals surface area contributed by atoms with Crippen molar-refractivity contribution in [3.8, 4) is 0 Å². The van der Waals surface area contributed by atoms with Gasteiger partial charge in [0.15, 0.2) is 0 Å². The summed E-state index contributed by atoms with van der Waals surface area (Å²) < 4.78 is 0. The van der Waals surface area contributed by atoms with E-state index < -0.39 is 0 Å². The van der Waals surface area contributed by atoms with Gasteiger partial charge in [0, 0.05) is 23.6 Å². The van der Waals surface area contributed by atoms with Crippen LogP contribution in [0.1, 0.15) is 29.8 Å². The third-order valence-electron chi connectivity index (χ3n) is 3.63. The molecule has 1 aromatic carbocycles. The summed E-state index contributed by atoms with van der Waals surface area (Å²) in [4.78, 5) is 18.0. The van der Waals surface area contributed by atoms with Gasteiger partial charge in [-0.15, -0.1) is 0 Å². The van der Waals surface area contributed by atoms with E-state index in [1.54, 1.807) is 30.7 Å². The predicted octanol–water partition coefficient (Wildman–Crippen LogP) is 2.56. The number of rotatable bonds is 8. The highest BCUT2D eigenvalue weighted by atomic mass is 16.2. The first-order valence-electron chi connectivity index (χ1n) is 8.02. The van der Waals surface area contributed by atoms with Crippen LogP contribution in [-0.2, 0) is 0 Å². The summed E-state index contributed by atoms with van der Waals surface area (Å²) in [5.74, 6) is -0.258. The van der Waals surface area contributed by atoms with Crippen molar-refractivity contribution in [2.75, 3.05) is 25.1 Å².